The minimum atomic E-state index is -0.981. The molecule has 0 saturated heterocycles. The highest BCUT2D eigenvalue weighted by atomic mass is 16.3. The lowest BCUT2D eigenvalue weighted by Crippen LogP contribution is -2.37. The molecule has 4 nitrogen and oxygen atoms in total. The van der Waals surface area contributed by atoms with E-state index >= 15 is 0 Å². The predicted octanol–water partition coefficient (Wildman–Crippen LogP) is 0.863. The summed E-state index contributed by atoms with van der Waals surface area (Å²) in [5.74, 6) is -1.21. The van der Waals surface area contributed by atoms with Crippen LogP contribution in [0.2, 0.25) is 0 Å². The van der Waals surface area contributed by atoms with Crippen molar-refractivity contribution in [1.29, 1.82) is 0 Å². The number of ketones is 1. The Balaban J connectivity index is 2.60. The molecule has 1 aliphatic rings. The summed E-state index contributed by atoms with van der Waals surface area (Å²) in [6, 6.07) is 5.15. The number of carbonyl (C=O) groups excluding carboxylic acids is 2. The topological polar surface area (TPSA) is 57.6 Å². The summed E-state index contributed by atoms with van der Waals surface area (Å²) in [6.07, 6.45) is -0.981. The maximum Gasteiger partial charge on any atom is 0.301 e. The number of nitrogens with zero attached hydrogens (tertiary/aromatic N) is 1. The van der Waals surface area contributed by atoms with Crippen molar-refractivity contribution in [1.82, 2.24) is 0 Å². The monoisotopic (exact) mass is 205 g/mol. The minimum Gasteiger partial charge on any atom is -0.373 e. The Bertz CT molecular complexity index is 451. The third-order valence-electron chi connectivity index (χ3n) is 2.44. The van der Waals surface area contributed by atoms with E-state index in [1.165, 1.54) is 6.92 Å². The highest BCUT2D eigenvalue weighted by Crippen LogP contribution is 2.30. The number of amides is 1. The van der Waals surface area contributed by atoms with Crippen LogP contribution in [-0.4, -0.2) is 23.0 Å². The predicted molar refractivity (Wildman–Crippen MR) is 54.7 cm³/mol. The van der Waals surface area contributed by atoms with Gasteiger partial charge in [0.1, 0.15) is 6.23 Å². The first-order chi connectivity index (χ1) is 7.02. The molecule has 0 saturated carbocycles. The fourth-order valence-electron chi connectivity index (χ4n) is 1.75. The molecule has 78 valence electrons. The lowest BCUT2D eigenvalue weighted by Gasteiger charge is -2.19. The third-order valence-corrected chi connectivity index (χ3v) is 2.44. The van der Waals surface area contributed by atoms with E-state index in [0.717, 1.165) is 10.5 Å². The standard InChI is InChI=1S/C11H11NO3/c1-6-3-4-9-8(5-6)10(14)11(15)12(9)7(2)13/h3-5,7,13H,1-2H3. The molecule has 2 rings (SSSR count). The number of aryl methyl sites for hydroxylation is 1. The van der Waals surface area contributed by atoms with Crippen LogP contribution in [0.4, 0.5) is 5.69 Å². The Hall–Kier alpha value is -1.68. The first-order valence-electron chi connectivity index (χ1n) is 4.69. The van der Waals surface area contributed by atoms with E-state index in [1.54, 1.807) is 18.2 Å². The van der Waals surface area contributed by atoms with E-state index < -0.39 is 17.9 Å². The molecule has 1 aromatic rings. The van der Waals surface area contributed by atoms with Crippen molar-refractivity contribution in [2.45, 2.75) is 20.1 Å². The number of fused-ring (bicyclic) bond motifs is 1. The van der Waals surface area contributed by atoms with Gasteiger partial charge in [-0.1, -0.05) is 11.6 Å². The maximum atomic E-state index is 11.6. The smallest absolute Gasteiger partial charge is 0.301 e. The second-order valence-corrected chi connectivity index (χ2v) is 3.66. The number of anilines is 1. The van der Waals surface area contributed by atoms with E-state index in [0.29, 0.717) is 11.3 Å². The average Bonchev–Trinajstić information content (AvgIpc) is 2.41. The molecule has 1 aromatic carbocycles. The first-order valence-corrected chi connectivity index (χ1v) is 4.69. The Morgan fingerprint density at radius 3 is 2.60 bits per heavy atom. The Morgan fingerprint density at radius 1 is 1.33 bits per heavy atom. The fraction of sp³-hybridized carbons (Fsp3) is 0.273. The largest absolute Gasteiger partial charge is 0.373 e. The quantitative estimate of drug-likeness (QED) is 0.692. The molecule has 1 N–H and O–H groups in total. The van der Waals surface area contributed by atoms with Gasteiger partial charge in [-0.3, -0.25) is 14.5 Å². The van der Waals surface area contributed by atoms with Gasteiger partial charge in [0, 0.05) is 0 Å². The normalized spacial score (nSPS) is 16.9. The molecule has 1 atom stereocenters. The number of hydrogen-bond acceptors (Lipinski definition) is 3. The van der Waals surface area contributed by atoms with Gasteiger partial charge in [-0.05, 0) is 26.0 Å². The molecular formula is C11H11NO3. The van der Waals surface area contributed by atoms with Gasteiger partial charge in [-0.25, -0.2) is 0 Å². The summed E-state index contributed by atoms with van der Waals surface area (Å²) in [6.45, 7) is 3.31. The zero-order valence-electron chi connectivity index (χ0n) is 8.52. The summed E-state index contributed by atoms with van der Waals surface area (Å²) in [5.41, 5.74) is 1.79. The molecule has 4 heteroatoms. The molecule has 1 amide bonds. The van der Waals surface area contributed by atoms with Crippen molar-refractivity contribution in [3.63, 3.8) is 0 Å². The van der Waals surface area contributed by atoms with Crippen molar-refractivity contribution in [2.24, 2.45) is 0 Å². The van der Waals surface area contributed by atoms with Gasteiger partial charge >= 0.3 is 5.91 Å². The van der Waals surface area contributed by atoms with Crippen LogP contribution in [-0.2, 0) is 4.79 Å². The summed E-state index contributed by atoms with van der Waals surface area (Å²) in [5, 5.41) is 9.41. The zero-order valence-corrected chi connectivity index (χ0v) is 8.52. The molecule has 0 spiro atoms. The number of carbonyl (C=O) groups is 2. The third kappa shape index (κ3) is 1.34. The minimum absolute atomic E-state index is 0.376. The molecule has 15 heavy (non-hydrogen) atoms. The van der Waals surface area contributed by atoms with Crippen molar-refractivity contribution in [3.8, 4) is 0 Å². The van der Waals surface area contributed by atoms with E-state index in [1.807, 2.05) is 6.92 Å². The van der Waals surface area contributed by atoms with Crippen molar-refractivity contribution in [3.05, 3.63) is 29.3 Å². The lowest BCUT2D eigenvalue weighted by molar-refractivity contribution is -0.115. The SMILES string of the molecule is Cc1ccc2c(c1)C(=O)C(=O)N2C(C)O. The molecule has 1 unspecified atom stereocenters. The number of benzene rings is 1. The van der Waals surface area contributed by atoms with Gasteiger partial charge < -0.3 is 5.11 Å². The zero-order chi connectivity index (χ0) is 11.2. The van der Waals surface area contributed by atoms with Crippen molar-refractivity contribution in [2.75, 3.05) is 4.90 Å². The second kappa shape index (κ2) is 3.17. The number of hydrogen-bond donors (Lipinski definition) is 1. The lowest BCUT2D eigenvalue weighted by atomic mass is 10.1. The Labute approximate surface area is 87.1 Å². The summed E-state index contributed by atoms with van der Waals surface area (Å²) in [7, 11) is 0. The van der Waals surface area contributed by atoms with Gasteiger partial charge in [0.15, 0.2) is 0 Å². The number of rotatable bonds is 1. The average molecular weight is 205 g/mol. The highest BCUT2D eigenvalue weighted by molar-refractivity contribution is 6.52. The van der Waals surface area contributed by atoms with Crippen molar-refractivity contribution >= 4 is 17.4 Å². The van der Waals surface area contributed by atoms with Crippen LogP contribution < -0.4 is 4.90 Å². The summed E-state index contributed by atoms with van der Waals surface area (Å²) in [4.78, 5) is 24.2. The van der Waals surface area contributed by atoms with E-state index in [-0.39, 0.29) is 0 Å². The van der Waals surface area contributed by atoms with Gasteiger partial charge in [0.2, 0.25) is 0 Å². The number of aliphatic hydroxyl groups is 1. The molecule has 1 aliphatic heterocycles. The fourth-order valence-corrected chi connectivity index (χ4v) is 1.75. The van der Waals surface area contributed by atoms with E-state index in [4.69, 9.17) is 0 Å². The Morgan fingerprint density at radius 2 is 2.00 bits per heavy atom. The van der Waals surface area contributed by atoms with E-state index in [2.05, 4.69) is 0 Å². The van der Waals surface area contributed by atoms with Crippen LogP contribution in [0.25, 0.3) is 0 Å². The molecule has 0 fully saturated rings. The van der Waals surface area contributed by atoms with Gasteiger partial charge in [-0.2, -0.15) is 0 Å². The molecule has 0 aromatic heterocycles. The van der Waals surface area contributed by atoms with Crippen LogP contribution >= 0.6 is 0 Å². The van der Waals surface area contributed by atoms with Gasteiger partial charge in [-0.15, -0.1) is 0 Å². The molecular weight excluding hydrogens is 194 g/mol. The van der Waals surface area contributed by atoms with Crippen molar-refractivity contribution < 1.29 is 14.7 Å². The second-order valence-electron chi connectivity index (χ2n) is 3.66. The van der Waals surface area contributed by atoms with Crippen LogP contribution in [0.5, 0.6) is 0 Å². The highest BCUT2D eigenvalue weighted by Gasteiger charge is 2.37. The van der Waals surface area contributed by atoms with Crippen LogP contribution in [0.1, 0.15) is 22.8 Å². The summed E-state index contributed by atoms with van der Waals surface area (Å²) >= 11 is 0. The molecule has 1 heterocycles. The van der Waals surface area contributed by atoms with Crippen LogP contribution in [0.3, 0.4) is 0 Å². The molecule has 0 radical (unpaired) electrons. The van der Waals surface area contributed by atoms with Crippen LogP contribution in [0, 0.1) is 6.92 Å². The van der Waals surface area contributed by atoms with Gasteiger partial charge in [0.05, 0.1) is 11.3 Å². The first kappa shape index (κ1) is 9.86. The number of aliphatic hydroxyl groups excluding tert-OH is 1. The maximum absolute atomic E-state index is 11.6. The Kier molecular flexibility index (Phi) is 2.08. The summed E-state index contributed by atoms with van der Waals surface area (Å²) < 4.78 is 0. The molecule has 0 aliphatic carbocycles. The van der Waals surface area contributed by atoms with Gasteiger partial charge in [0.25, 0.3) is 5.78 Å². The number of Topliss-reactive ketones (excluding diaryl/α,β-unsaturated/α-hetero) is 1. The molecule has 0 bridgehead atoms. The van der Waals surface area contributed by atoms with E-state index in [9.17, 15) is 14.7 Å². The van der Waals surface area contributed by atoms with Crippen LogP contribution in [0.15, 0.2) is 18.2 Å².